The summed E-state index contributed by atoms with van der Waals surface area (Å²) in [5.41, 5.74) is 1.96. The first-order valence-corrected chi connectivity index (χ1v) is 16.7. The van der Waals surface area contributed by atoms with E-state index in [4.69, 9.17) is 4.74 Å². The highest BCUT2D eigenvalue weighted by Crippen LogP contribution is 2.33. The second-order valence-corrected chi connectivity index (χ2v) is 13.1. The standard InChI is InChI=1S/C31H41N7O5S/c1-3-14-34-44(41,42)25-9-7-8-23(19-25)30(40)36-31-35-26-21-33-28(43-18-17-37-15-5-4-6-16-37)20-27(26)38(31)24-12-10-22(11-13-24)29(39)32-2/h3,7-9,19-22,24,34H,1,4-6,10-18H2,2H3,(H,32,39)(H,35,36,40). The maximum atomic E-state index is 13.4. The molecule has 13 heteroatoms. The summed E-state index contributed by atoms with van der Waals surface area (Å²) in [6.07, 6.45) is 9.70. The average Bonchev–Trinajstić information content (AvgIpc) is 3.41. The van der Waals surface area contributed by atoms with Crippen LogP contribution in [0.4, 0.5) is 0 Å². The third-order valence-corrected chi connectivity index (χ3v) is 9.81. The molecule has 0 bridgehead atoms. The molecule has 3 heterocycles. The lowest BCUT2D eigenvalue weighted by Crippen LogP contribution is -2.33. The topological polar surface area (TPSA) is 151 Å². The van der Waals surface area contributed by atoms with Gasteiger partial charge in [-0.25, -0.2) is 18.1 Å². The Kier molecular flexibility index (Phi) is 10.3. The Bertz CT molecular complexity index is 1670. The molecule has 0 spiro atoms. The second kappa shape index (κ2) is 14.3. The predicted molar refractivity (Wildman–Crippen MR) is 167 cm³/mol. The molecule has 2 fully saturated rings. The van der Waals surface area contributed by atoms with Crippen molar-refractivity contribution in [2.45, 2.75) is 55.9 Å². The van der Waals surface area contributed by atoms with Gasteiger partial charge in [0.1, 0.15) is 6.61 Å². The minimum absolute atomic E-state index is 0.0189. The Morgan fingerprint density at radius 3 is 2.66 bits per heavy atom. The van der Waals surface area contributed by atoms with Crippen LogP contribution in [-0.2, 0) is 14.8 Å². The lowest BCUT2D eigenvalue weighted by atomic mass is 9.85. The third kappa shape index (κ3) is 7.45. The number of piperidine rings is 1. The molecule has 236 valence electrons. The van der Waals surface area contributed by atoms with E-state index in [-0.39, 0.29) is 34.9 Å². The molecule has 1 saturated carbocycles. The normalized spacial score (nSPS) is 20.0. The van der Waals surface area contributed by atoms with E-state index >= 15 is 0 Å². The van der Waals surface area contributed by atoms with Gasteiger partial charge in [-0.1, -0.05) is 18.6 Å². The average molecular weight is 624 g/mol. The Balaban J connectivity index is 1.46. The number of ether oxygens (including phenoxy) is 1. The van der Waals surface area contributed by atoms with Crippen molar-refractivity contribution in [1.82, 2.24) is 29.5 Å². The van der Waals surface area contributed by atoms with Gasteiger partial charge in [-0.15, -0.1) is 6.58 Å². The number of benzene rings is 1. The molecule has 1 aromatic carbocycles. The molecular weight excluding hydrogens is 582 g/mol. The zero-order valence-electron chi connectivity index (χ0n) is 25.1. The van der Waals surface area contributed by atoms with E-state index in [1.807, 2.05) is 10.6 Å². The molecule has 12 nitrogen and oxygen atoms in total. The number of hydrogen-bond acceptors (Lipinski definition) is 7. The number of likely N-dealkylation sites (tertiary alicyclic amines) is 1. The molecule has 3 N–H and O–H groups in total. The molecule has 44 heavy (non-hydrogen) atoms. The maximum absolute atomic E-state index is 13.4. The van der Waals surface area contributed by atoms with Crippen molar-refractivity contribution < 1.29 is 22.7 Å². The van der Waals surface area contributed by atoms with Gasteiger partial charge in [0, 0.05) is 43.7 Å². The Labute approximate surface area is 257 Å². The minimum Gasteiger partial charge on any atom is -0.476 e. The van der Waals surface area contributed by atoms with Crippen LogP contribution < -0.4 is 20.4 Å². The van der Waals surface area contributed by atoms with Crippen molar-refractivity contribution in [2.75, 3.05) is 39.8 Å². The summed E-state index contributed by atoms with van der Waals surface area (Å²) < 4.78 is 35.7. The van der Waals surface area contributed by atoms with Crippen molar-refractivity contribution >= 4 is 32.9 Å². The van der Waals surface area contributed by atoms with Crippen LogP contribution in [0.5, 0.6) is 5.88 Å². The summed E-state index contributed by atoms with van der Waals surface area (Å²) in [6.45, 7) is 7.14. The summed E-state index contributed by atoms with van der Waals surface area (Å²) in [6, 6.07) is 7.64. The summed E-state index contributed by atoms with van der Waals surface area (Å²) in [5.74, 6) is -0.113. The van der Waals surface area contributed by atoms with Crippen LogP contribution in [0.25, 0.3) is 11.0 Å². The number of H-pyrrole nitrogens is 1. The van der Waals surface area contributed by atoms with Gasteiger partial charge in [0.05, 0.1) is 22.1 Å². The van der Waals surface area contributed by atoms with Gasteiger partial charge in [0.15, 0.2) is 0 Å². The first kappa shape index (κ1) is 31.6. The van der Waals surface area contributed by atoms with Gasteiger partial charge in [-0.2, -0.15) is 4.99 Å². The van der Waals surface area contributed by atoms with Crippen LogP contribution in [0.3, 0.4) is 0 Å². The number of pyridine rings is 1. The van der Waals surface area contributed by atoms with Crippen molar-refractivity contribution in [3.8, 4) is 5.88 Å². The first-order valence-electron chi connectivity index (χ1n) is 15.3. The van der Waals surface area contributed by atoms with Gasteiger partial charge in [-0.3, -0.25) is 14.5 Å². The fourth-order valence-corrected chi connectivity index (χ4v) is 7.06. The first-order chi connectivity index (χ1) is 21.3. The fraction of sp³-hybridized carbons (Fsp3) is 0.484. The smallest absolute Gasteiger partial charge is 0.280 e. The van der Waals surface area contributed by atoms with Crippen LogP contribution in [0.2, 0.25) is 0 Å². The monoisotopic (exact) mass is 623 g/mol. The van der Waals surface area contributed by atoms with Gasteiger partial charge >= 0.3 is 0 Å². The van der Waals surface area contributed by atoms with Crippen LogP contribution >= 0.6 is 0 Å². The number of amides is 2. The number of aromatic nitrogens is 3. The minimum atomic E-state index is -3.82. The summed E-state index contributed by atoms with van der Waals surface area (Å²) >= 11 is 0. The van der Waals surface area contributed by atoms with E-state index in [0.717, 1.165) is 38.0 Å². The number of aromatic amines is 1. The number of carbonyl (C=O) groups is 2. The van der Waals surface area contributed by atoms with E-state index in [0.29, 0.717) is 36.5 Å². The van der Waals surface area contributed by atoms with Gasteiger partial charge in [0.25, 0.3) is 5.91 Å². The number of carbonyl (C=O) groups excluding carboxylic acids is 2. The van der Waals surface area contributed by atoms with E-state index < -0.39 is 15.9 Å². The van der Waals surface area contributed by atoms with E-state index in [9.17, 15) is 18.0 Å². The number of sulfonamides is 1. The maximum Gasteiger partial charge on any atom is 0.280 e. The zero-order chi connectivity index (χ0) is 31.1. The van der Waals surface area contributed by atoms with Gasteiger partial charge in [-0.05, 0) is 69.8 Å². The molecule has 2 aliphatic rings. The highest BCUT2D eigenvalue weighted by molar-refractivity contribution is 7.89. The summed E-state index contributed by atoms with van der Waals surface area (Å²) in [7, 11) is -2.16. The molecule has 3 aromatic rings. The van der Waals surface area contributed by atoms with Crippen LogP contribution in [0.1, 0.15) is 61.3 Å². The van der Waals surface area contributed by atoms with Crippen molar-refractivity contribution in [3.05, 3.63) is 60.4 Å². The van der Waals surface area contributed by atoms with Crippen LogP contribution in [0.15, 0.2) is 59.1 Å². The number of rotatable bonds is 11. The summed E-state index contributed by atoms with van der Waals surface area (Å²) in [4.78, 5) is 40.3. The fourth-order valence-electron chi connectivity index (χ4n) is 6.02. The third-order valence-electron chi connectivity index (χ3n) is 8.39. The predicted octanol–water partition coefficient (Wildman–Crippen LogP) is 2.91. The molecule has 1 aliphatic heterocycles. The molecule has 1 saturated heterocycles. The summed E-state index contributed by atoms with van der Waals surface area (Å²) in [5, 5.41) is 2.75. The SMILES string of the molecule is C=CCNS(=O)(=O)c1cccc(C(=O)/N=c2\[nH]c3cnc(OCCN4CCCCC4)cc3n2C2CCC(C(=O)NC)CC2)c1. The van der Waals surface area contributed by atoms with E-state index in [1.54, 1.807) is 13.2 Å². The number of nitrogens with zero attached hydrogens (tertiary/aromatic N) is 4. The molecule has 0 atom stereocenters. The number of fused-ring (bicyclic) bond motifs is 1. The number of imidazole rings is 1. The lowest BCUT2D eigenvalue weighted by molar-refractivity contribution is -0.125. The Morgan fingerprint density at radius 2 is 1.93 bits per heavy atom. The van der Waals surface area contributed by atoms with E-state index in [2.05, 4.69) is 36.5 Å². The second-order valence-electron chi connectivity index (χ2n) is 11.3. The quantitative estimate of drug-likeness (QED) is 0.278. The highest BCUT2D eigenvalue weighted by atomic mass is 32.2. The van der Waals surface area contributed by atoms with Crippen molar-refractivity contribution in [2.24, 2.45) is 10.9 Å². The number of nitrogens with one attached hydrogen (secondary N) is 3. The Morgan fingerprint density at radius 1 is 1.16 bits per heavy atom. The molecule has 1 aliphatic carbocycles. The molecule has 0 radical (unpaired) electrons. The van der Waals surface area contributed by atoms with E-state index in [1.165, 1.54) is 49.6 Å². The largest absolute Gasteiger partial charge is 0.476 e. The van der Waals surface area contributed by atoms with Gasteiger partial charge < -0.3 is 19.6 Å². The lowest BCUT2D eigenvalue weighted by Gasteiger charge is -2.28. The molecule has 2 aromatic heterocycles. The van der Waals surface area contributed by atoms with Crippen molar-refractivity contribution in [3.63, 3.8) is 0 Å². The Hall–Kier alpha value is -3.81. The zero-order valence-corrected chi connectivity index (χ0v) is 25.9. The number of hydrogen-bond donors (Lipinski definition) is 3. The molecule has 5 rings (SSSR count). The van der Waals surface area contributed by atoms with Gasteiger partial charge in [0.2, 0.25) is 27.4 Å². The highest BCUT2D eigenvalue weighted by Gasteiger charge is 2.28. The molecular formula is C31H41N7O5S. The van der Waals surface area contributed by atoms with Crippen molar-refractivity contribution in [1.29, 1.82) is 0 Å². The van der Waals surface area contributed by atoms with Crippen LogP contribution in [-0.4, -0.2) is 79.5 Å². The molecule has 2 amide bonds. The molecule has 0 unspecified atom stereocenters. The van der Waals surface area contributed by atoms with Crippen LogP contribution in [0, 0.1) is 5.92 Å².